The van der Waals surface area contributed by atoms with E-state index in [-0.39, 0.29) is 22.5 Å². The second kappa shape index (κ2) is 8.31. The third-order valence-electron chi connectivity index (χ3n) is 4.46. The highest BCUT2D eigenvalue weighted by molar-refractivity contribution is 7.92. The summed E-state index contributed by atoms with van der Waals surface area (Å²) in [5.41, 5.74) is 0.286. The van der Waals surface area contributed by atoms with Gasteiger partial charge in [0.2, 0.25) is 0 Å². The molecule has 8 nitrogen and oxygen atoms in total. The number of rotatable bonds is 4. The van der Waals surface area contributed by atoms with Crippen molar-refractivity contribution >= 4 is 33.4 Å². The molecule has 0 heterocycles. The molecule has 0 aliphatic heterocycles. The van der Waals surface area contributed by atoms with Gasteiger partial charge in [0.15, 0.2) is 9.84 Å². The molecule has 1 aromatic rings. The number of nitrogens with one attached hydrogen (secondary N) is 1. The standard InChI is InChI=1S/C17H21NO7S/c1-24-16(20)11-3-7-13(8-4-11)26(22,23)14-9-5-12(6-10-14)18-15(19)17(21)25-2/h5-6,9-11,13H,3-4,7-8H2,1-2H3,(H,18,19)/t11-,13+. The number of ether oxygens (including phenoxy) is 2. The number of carbonyl (C=O) groups is 3. The maximum absolute atomic E-state index is 12.7. The van der Waals surface area contributed by atoms with Gasteiger partial charge in [-0.25, -0.2) is 13.2 Å². The van der Waals surface area contributed by atoms with Gasteiger partial charge in [-0.15, -0.1) is 0 Å². The van der Waals surface area contributed by atoms with E-state index in [9.17, 15) is 22.8 Å². The Morgan fingerprint density at radius 2 is 1.54 bits per heavy atom. The first kappa shape index (κ1) is 19.9. The van der Waals surface area contributed by atoms with Crippen LogP contribution in [0, 0.1) is 5.92 Å². The zero-order valence-electron chi connectivity index (χ0n) is 14.6. The number of amides is 1. The zero-order chi connectivity index (χ0) is 19.3. The minimum atomic E-state index is -3.54. The van der Waals surface area contributed by atoms with E-state index < -0.39 is 27.0 Å². The highest BCUT2D eigenvalue weighted by Crippen LogP contribution is 2.32. The topological polar surface area (TPSA) is 116 Å². The maximum Gasteiger partial charge on any atom is 0.396 e. The minimum Gasteiger partial charge on any atom is -0.469 e. The van der Waals surface area contributed by atoms with Crippen LogP contribution in [-0.2, 0) is 33.7 Å². The van der Waals surface area contributed by atoms with Crippen LogP contribution in [0.2, 0.25) is 0 Å². The van der Waals surface area contributed by atoms with Crippen LogP contribution >= 0.6 is 0 Å². The molecule has 0 aromatic heterocycles. The Morgan fingerprint density at radius 3 is 2.04 bits per heavy atom. The van der Waals surface area contributed by atoms with Crippen molar-refractivity contribution in [1.82, 2.24) is 0 Å². The highest BCUT2D eigenvalue weighted by atomic mass is 32.2. The van der Waals surface area contributed by atoms with E-state index in [0.717, 1.165) is 7.11 Å². The van der Waals surface area contributed by atoms with Crippen molar-refractivity contribution < 1.29 is 32.3 Å². The van der Waals surface area contributed by atoms with Crippen molar-refractivity contribution in [2.45, 2.75) is 35.8 Å². The summed E-state index contributed by atoms with van der Waals surface area (Å²) in [6, 6.07) is 5.59. The number of hydrogen-bond donors (Lipinski definition) is 1. The fourth-order valence-electron chi connectivity index (χ4n) is 2.97. The Bertz CT molecular complexity index is 778. The Hall–Kier alpha value is -2.42. The van der Waals surface area contributed by atoms with Crippen molar-refractivity contribution in [3.63, 3.8) is 0 Å². The molecule has 1 N–H and O–H groups in total. The lowest BCUT2D eigenvalue weighted by Gasteiger charge is -2.26. The Labute approximate surface area is 151 Å². The Kier molecular flexibility index (Phi) is 6.36. The zero-order valence-corrected chi connectivity index (χ0v) is 15.4. The summed E-state index contributed by atoms with van der Waals surface area (Å²) >= 11 is 0. The monoisotopic (exact) mass is 383 g/mol. The Balaban J connectivity index is 2.05. The first-order valence-corrected chi connectivity index (χ1v) is 9.65. The first-order valence-electron chi connectivity index (χ1n) is 8.10. The average Bonchev–Trinajstić information content (AvgIpc) is 2.67. The van der Waals surface area contributed by atoms with Crippen molar-refractivity contribution in [3.05, 3.63) is 24.3 Å². The maximum atomic E-state index is 12.7. The quantitative estimate of drug-likeness (QED) is 0.615. The predicted octanol–water partition coefficient (Wildman–Crippen LogP) is 1.30. The van der Waals surface area contributed by atoms with Gasteiger partial charge in [-0.2, -0.15) is 0 Å². The van der Waals surface area contributed by atoms with E-state index in [1.165, 1.54) is 31.4 Å². The summed E-state index contributed by atoms with van der Waals surface area (Å²) in [5, 5.41) is 1.76. The molecule has 0 radical (unpaired) electrons. The fourth-order valence-corrected chi connectivity index (χ4v) is 4.76. The van der Waals surface area contributed by atoms with Gasteiger partial charge in [0.05, 0.1) is 30.3 Å². The van der Waals surface area contributed by atoms with Crippen LogP contribution in [0.25, 0.3) is 0 Å². The molecule has 1 fully saturated rings. The summed E-state index contributed by atoms with van der Waals surface area (Å²) in [7, 11) is -1.13. The van der Waals surface area contributed by atoms with Gasteiger partial charge < -0.3 is 14.8 Å². The van der Waals surface area contributed by atoms with Crippen LogP contribution in [-0.4, -0.2) is 45.7 Å². The number of methoxy groups -OCH3 is 2. The van der Waals surface area contributed by atoms with Crippen molar-refractivity contribution in [1.29, 1.82) is 0 Å². The molecular weight excluding hydrogens is 362 g/mol. The van der Waals surface area contributed by atoms with Crippen LogP contribution in [0.15, 0.2) is 29.2 Å². The summed E-state index contributed by atoms with van der Waals surface area (Å²) < 4.78 is 34.5. The number of hydrogen-bond acceptors (Lipinski definition) is 7. The lowest BCUT2D eigenvalue weighted by molar-refractivity contribution is -0.150. The van der Waals surface area contributed by atoms with Crippen molar-refractivity contribution in [2.24, 2.45) is 5.92 Å². The number of anilines is 1. The molecule has 1 saturated carbocycles. The molecule has 0 spiro atoms. The molecule has 1 aliphatic rings. The normalized spacial score (nSPS) is 20.1. The van der Waals surface area contributed by atoms with Crippen LogP contribution in [0.3, 0.4) is 0 Å². The van der Waals surface area contributed by atoms with Gasteiger partial charge in [0, 0.05) is 5.69 Å². The van der Waals surface area contributed by atoms with Gasteiger partial charge in [-0.3, -0.25) is 9.59 Å². The van der Waals surface area contributed by atoms with E-state index in [1.807, 2.05) is 0 Å². The molecule has 0 bridgehead atoms. The molecule has 26 heavy (non-hydrogen) atoms. The summed E-state index contributed by atoms with van der Waals surface area (Å²) in [6.07, 6.45) is 1.74. The average molecular weight is 383 g/mol. The minimum absolute atomic E-state index is 0.134. The molecule has 0 atom stereocenters. The van der Waals surface area contributed by atoms with Gasteiger partial charge in [0.1, 0.15) is 0 Å². The summed E-state index contributed by atoms with van der Waals surface area (Å²) in [4.78, 5) is 34.2. The van der Waals surface area contributed by atoms with Gasteiger partial charge in [-0.05, 0) is 49.9 Å². The third kappa shape index (κ3) is 4.40. The molecule has 1 aromatic carbocycles. The largest absolute Gasteiger partial charge is 0.469 e. The second-order valence-corrected chi connectivity index (χ2v) is 8.24. The van der Waals surface area contributed by atoms with Crippen LogP contribution in [0.1, 0.15) is 25.7 Å². The lowest BCUT2D eigenvalue weighted by atomic mass is 9.89. The SMILES string of the molecule is COC(=O)C(=O)Nc1ccc(S(=O)(=O)[C@H]2CC[C@@H](C(=O)OC)CC2)cc1. The second-order valence-electron chi connectivity index (χ2n) is 6.01. The van der Waals surface area contributed by atoms with Crippen LogP contribution in [0.4, 0.5) is 5.69 Å². The van der Waals surface area contributed by atoms with E-state index in [4.69, 9.17) is 4.74 Å². The van der Waals surface area contributed by atoms with Crippen molar-refractivity contribution in [2.75, 3.05) is 19.5 Å². The summed E-state index contributed by atoms with van der Waals surface area (Å²) in [6.45, 7) is 0. The van der Waals surface area contributed by atoms with Crippen LogP contribution < -0.4 is 5.32 Å². The van der Waals surface area contributed by atoms with Gasteiger partial charge in [-0.1, -0.05) is 0 Å². The molecule has 0 unspecified atom stereocenters. The first-order chi connectivity index (χ1) is 12.3. The van der Waals surface area contributed by atoms with Crippen molar-refractivity contribution in [3.8, 4) is 0 Å². The number of sulfone groups is 1. The molecule has 9 heteroatoms. The van der Waals surface area contributed by atoms with Gasteiger partial charge in [0.25, 0.3) is 0 Å². The predicted molar refractivity (Wildman–Crippen MR) is 92.0 cm³/mol. The van der Waals surface area contributed by atoms with E-state index in [0.29, 0.717) is 25.7 Å². The summed E-state index contributed by atoms with van der Waals surface area (Å²) in [5.74, 6) is -2.53. The number of esters is 2. The molecular formula is C17H21NO7S. The molecule has 1 aliphatic carbocycles. The number of benzene rings is 1. The van der Waals surface area contributed by atoms with Crippen LogP contribution in [0.5, 0.6) is 0 Å². The lowest BCUT2D eigenvalue weighted by Crippen LogP contribution is -2.30. The molecule has 1 amide bonds. The molecule has 142 valence electrons. The van der Waals surface area contributed by atoms with E-state index >= 15 is 0 Å². The smallest absolute Gasteiger partial charge is 0.396 e. The highest BCUT2D eigenvalue weighted by Gasteiger charge is 2.34. The fraction of sp³-hybridized carbons (Fsp3) is 0.471. The van der Waals surface area contributed by atoms with Gasteiger partial charge >= 0.3 is 17.8 Å². The molecule has 0 saturated heterocycles. The number of carbonyl (C=O) groups excluding carboxylic acids is 3. The molecule has 2 rings (SSSR count). The third-order valence-corrected chi connectivity index (χ3v) is 6.74. The van der Waals surface area contributed by atoms with E-state index in [2.05, 4.69) is 10.1 Å². The Morgan fingerprint density at radius 1 is 0.962 bits per heavy atom. The van der Waals surface area contributed by atoms with E-state index in [1.54, 1.807) is 0 Å².